The van der Waals surface area contributed by atoms with Crippen molar-refractivity contribution >= 4 is 40.7 Å². The molecule has 1 unspecified atom stereocenters. The van der Waals surface area contributed by atoms with Crippen LogP contribution < -0.4 is 5.32 Å². The van der Waals surface area contributed by atoms with Gasteiger partial charge in [-0.2, -0.15) is 0 Å². The van der Waals surface area contributed by atoms with E-state index in [9.17, 15) is 9.59 Å². The zero-order valence-corrected chi connectivity index (χ0v) is 13.4. The van der Waals surface area contributed by atoms with Gasteiger partial charge >= 0.3 is 0 Å². The molecule has 2 rings (SSSR count). The Morgan fingerprint density at radius 1 is 1.38 bits per heavy atom. The largest absolute Gasteiger partial charge is 0.342 e. The lowest BCUT2D eigenvalue weighted by atomic mass is 10.00. The molecule has 0 bridgehead atoms. The van der Waals surface area contributed by atoms with Crippen molar-refractivity contribution in [3.8, 4) is 0 Å². The maximum atomic E-state index is 12.1. The maximum Gasteiger partial charge on any atom is 0.233 e. The lowest BCUT2D eigenvalue weighted by Gasteiger charge is -2.30. The summed E-state index contributed by atoms with van der Waals surface area (Å²) in [7, 11) is 0. The van der Waals surface area contributed by atoms with E-state index in [1.807, 2.05) is 0 Å². The molecule has 21 heavy (non-hydrogen) atoms. The number of carbonyl (C=O) groups excluding carboxylic acids is 2. The Labute approximate surface area is 134 Å². The van der Waals surface area contributed by atoms with Gasteiger partial charge in [0.2, 0.25) is 11.8 Å². The number of likely N-dealkylation sites (tertiary alicyclic amines) is 1. The van der Waals surface area contributed by atoms with Crippen LogP contribution >= 0.6 is 23.2 Å². The highest BCUT2D eigenvalue weighted by Gasteiger charge is 2.22. The molecule has 1 fully saturated rings. The van der Waals surface area contributed by atoms with Crippen molar-refractivity contribution in [3.63, 3.8) is 0 Å². The molecule has 1 saturated heterocycles. The molecule has 1 N–H and O–H groups in total. The molecular weight excluding hydrogens is 311 g/mol. The van der Waals surface area contributed by atoms with Crippen molar-refractivity contribution in [2.45, 2.75) is 26.2 Å². The van der Waals surface area contributed by atoms with Gasteiger partial charge in [-0.15, -0.1) is 0 Å². The molecule has 4 nitrogen and oxygen atoms in total. The SMILES string of the molecule is CC1CCCN(C(=O)CC(=O)Nc2cc(Cl)ccc2Cl)C1. The number of piperidine rings is 1. The quantitative estimate of drug-likeness (QED) is 0.862. The third kappa shape index (κ3) is 4.61. The van der Waals surface area contributed by atoms with Gasteiger partial charge in [0.1, 0.15) is 6.42 Å². The number of carbonyl (C=O) groups is 2. The second kappa shape index (κ2) is 7.14. The first-order valence-corrected chi connectivity index (χ1v) is 7.74. The third-order valence-corrected chi connectivity index (χ3v) is 4.09. The van der Waals surface area contributed by atoms with Crippen molar-refractivity contribution in [2.24, 2.45) is 5.92 Å². The van der Waals surface area contributed by atoms with Gasteiger partial charge < -0.3 is 10.2 Å². The van der Waals surface area contributed by atoms with E-state index >= 15 is 0 Å². The topological polar surface area (TPSA) is 49.4 Å². The van der Waals surface area contributed by atoms with Crippen LogP contribution in [0.15, 0.2) is 18.2 Å². The van der Waals surface area contributed by atoms with Crippen LogP contribution in [0.3, 0.4) is 0 Å². The van der Waals surface area contributed by atoms with Crippen LogP contribution in [0.25, 0.3) is 0 Å². The summed E-state index contributed by atoms with van der Waals surface area (Å²) in [5.74, 6) is -0.0206. The molecule has 6 heteroatoms. The van der Waals surface area contributed by atoms with Crippen LogP contribution in [-0.2, 0) is 9.59 Å². The summed E-state index contributed by atoms with van der Waals surface area (Å²) < 4.78 is 0. The Hall–Kier alpha value is -1.26. The van der Waals surface area contributed by atoms with Crippen LogP contribution in [0, 0.1) is 5.92 Å². The van der Waals surface area contributed by atoms with E-state index in [-0.39, 0.29) is 18.2 Å². The predicted octanol–water partition coefficient (Wildman–Crippen LogP) is 3.58. The number of hydrogen-bond donors (Lipinski definition) is 1. The van der Waals surface area contributed by atoms with Crippen molar-refractivity contribution in [1.82, 2.24) is 4.90 Å². The van der Waals surface area contributed by atoms with E-state index in [0.717, 1.165) is 25.9 Å². The van der Waals surface area contributed by atoms with Gasteiger partial charge in [-0.3, -0.25) is 9.59 Å². The molecule has 1 atom stereocenters. The second-order valence-electron chi connectivity index (χ2n) is 5.44. The molecule has 0 spiro atoms. The normalized spacial score (nSPS) is 18.4. The first-order chi connectivity index (χ1) is 9.95. The Kier molecular flexibility index (Phi) is 5.48. The highest BCUT2D eigenvalue weighted by molar-refractivity contribution is 6.35. The fourth-order valence-corrected chi connectivity index (χ4v) is 2.79. The summed E-state index contributed by atoms with van der Waals surface area (Å²) >= 11 is 11.8. The average molecular weight is 329 g/mol. The molecule has 1 aromatic rings. The highest BCUT2D eigenvalue weighted by Crippen LogP contribution is 2.25. The number of amides is 2. The summed E-state index contributed by atoms with van der Waals surface area (Å²) in [5.41, 5.74) is 0.425. The average Bonchev–Trinajstić information content (AvgIpc) is 2.42. The lowest BCUT2D eigenvalue weighted by molar-refractivity contribution is -0.136. The molecule has 1 heterocycles. The second-order valence-corrected chi connectivity index (χ2v) is 6.28. The molecule has 0 saturated carbocycles. The van der Waals surface area contributed by atoms with E-state index in [1.54, 1.807) is 23.1 Å². The minimum Gasteiger partial charge on any atom is -0.342 e. The molecule has 1 aromatic carbocycles. The van der Waals surface area contributed by atoms with Crippen molar-refractivity contribution < 1.29 is 9.59 Å². The minimum atomic E-state index is -0.373. The molecule has 0 radical (unpaired) electrons. The number of halogens is 2. The number of anilines is 1. The van der Waals surface area contributed by atoms with Crippen LogP contribution in [0.1, 0.15) is 26.2 Å². The zero-order chi connectivity index (χ0) is 15.4. The van der Waals surface area contributed by atoms with Gasteiger partial charge in [-0.05, 0) is 37.0 Å². The smallest absolute Gasteiger partial charge is 0.233 e. The molecule has 1 aliphatic heterocycles. The number of benzene rings is 1. The van der Waals surface area contributed by atoms with Gasteiger partial charge in [-0.1, -0.05) is 30.1 Å². The minimum absolute atomic E-state index is 0.141. The van der Waals surface area contributed by atoms with Crippen molar-refractivity contribution in [2.75, 3.05) is 18.4 Å². The van der Waals surface area contributed by atoms with Crippen LogP contribution in [0.4, 0.5) is 5.69 Å². The number of rotatable bonds is 3. The Bertz CT molecular complexity index is 548. The van der Waals surface area contributed by atoms with E-state index in [4.69, 9.17) is 23.2 Å². The summed E-state index contributed by atoms with van der Waals surface area (Å²) in [6, 6.07) is 4.81. The number of nitrogens with zero attached hydrogens (tertiary/aromatic N) is 1. The molecule has 0 aliphatic carbocycles. The van der Waals surface area contributed by atoms with E-state index in [0.29, 0.717) is 21.7 Å². The maximum absolute atomic E-state index is 12.1. The van der Waals surface area contributed by atoms with E-state index in [1.165, 1.54) is 0 Å². The highest BCUT2D eigenvalue weighted by atomic mass is 35.5. The summed E-state index contributed by atoms with van der Waals surface area (Å²) in [4.78, 5) is 25.8. The molecule has 1 aliphatic rings. The zero-order valence-electron chi connectivity index (χ0n) is 11.9. The summed E-state index contributed by atoms with van der Waals surface area (Å²) in [6.07, 6.45) is 1.96. The van der Waals surface area contributed by atoms with Gasteiger partial charge in [0.05, 0.1) is 10.7 Å². The van der Waals surface area contributed by atoms with E-state index < -0.39 is 0 Å². The molecule has 0 aromatic heterocycles. The standard InChI is InChI=1S/C15H18Cl2N2O2/c1-10-3-2-6-19(9-10)15(21)8-14(20)18-13-7-11(16)4-5-12(13)17/h4-5,7,10H,2-3,6,8-9H2,1H3,(H,18,20). The van der Waals surface area contributed by atoms with Crippen molar-refractivity contribution in [1.29, 1.82) is 0 Å². The van der Waals surface area contributed by atoms with Crippen molar-refractivity contribution in [3.05, 3.63) is 28.2 Å². The summed E-state index contributed by atoms with van der Waals surface area (Å²) in [5, 5.41) is 3.50. The van der Waals surface area contributed by atoms with Gasteiger partial charge in [0, 0.05) is 18.1 Å². The number of hydrogen-bond acceptors (Lipinski definition) is 2. The fourth-order valence-electron chi connectivity index (χ4n) is 2.45. The van der Waals surface area contributed by atoms with Gasteiger partial charge in [0.25, 0.3) is 0 Å². The number of nitrogens with one attached hydrogen (secondary N) is 1. The van der Waals surface area contributed by atoms with Crippen LogP contribution in [0.2, 0.25) is 10.0 Å². The Morgan fingerprint density at radius 3 is 2.86 bits per heavy atom. The Morgan fingerprint density at radius 2 is 2.14 bits per heavy atom. The van der Waals surface area contributed by atoms with Crippen LogP contribution in [0.5, 0.6) is 0 Å². The fraction of sp³-hybridized carbons (Fsp3) is 0.467. The lowest BCUT2D eigenvalue weighted by Crippen LogP contribution is -2.40. The third-order valence-electron chi connectivity index (χ3n) is 3.52. The van der Waals surface area contributed by atoms with E-state index in [2.05, 4.69) is 12.2 Å². The molecule has 114 valence electrons. The Balaban J connectivity index is 1.92. The van der Waals surface area contributed by atoms with Gasteiger partial charge in [0.15, 0.2) is 0 Å². The first-order valence-electron chi connectivity index (χ1n) is 6.98. The molecular formula is C15H18Cl2N2O2. The molecule has 2 amide bonds. The predicted molar refractivity (Wildman–Crippen MR) is 84.7 cm³/mol. The monoisotopic (exact) mass is 328 g/mol. The van der Waals surface area contributed by atoms with Gasteiger partial charge in [-0.25, -0.2) is 0 Å². The summed E-state index contributed by atoms with van der Waals surface area (Å²) in [6.45, 7) is 3.57. The first kappa shape index (κ1) is 16.1. The van der Waals surface area contributed by atoms with Crippen LogP contribution in [-0.4, -0.2) is 29.8 Å².